The first-order chi connectivity index (χ1) is 7.91. The van der Waals surface area contributed by atoms with Crippen molar-refractivity contribution >= 4 is 5.97 Å². The van der Waals surface area contributed by atoms with Crippen molar-refractivity contribution in [2.24, 2.45) is 5.92 Å². The molecule has 0 saturated heterocycles. The summed E-state index contributed by atoms with van der Waals surface area (Å²) >= 11 is 0. The Morgan fingerprint density at radius 1 is 1.18 bits per heavy atom. The first kappa shape index (κ1) is 13.7. The molecule has 0 saturated carbocycles. The molecule has 3 atom stereocenters. The Hall–Kier alpha value is -1.35. The van der Waals surface area contributed by atoms with Crippen molar-refractivity contribution in [2.45, 2.75) is 39.8 Å². The van der Waals surface area contributed by atoms with Crippen LogP contribution < -0.4 is 5.32 Å². The molecule has 0 aliphatic heterocycles. The van der Waals surface area contributed by atoms with Crippen LogP contribution >= 0.6 is 0 Å². The number of carboxylic acid groups (broad SMARTS) is 1. The Bertz CT molecular complexity index is 372. The van der Waals surface area contributed by atoms with E-state index >= 15 is 0 Å². The normalized spacial score (nSPS) is 16.2. The van der Waals surface area contributed by atoms with Gasteiger partial charge in [-0.1, -0.05) is 36.8 Å². The fourth-order valence-electron chi connectivity index (χ4n) is 1.70. The van der Waals surface area contributed by atoms with Crippen molar-refractivity contribution in [2.75, 3.05) is 0 Å². The van der Waals surface area contributed by atoms with Gasteiger partial charge < -0.3 is 10.4 Å². The van der Waals surface area contributed by atoms with Crippen LogP contribution in [0.1, 0.15) is 37.9 Å². The molecule has 0 heterocycles. The van der Waals surface area contributed by atoms with Gasteiger partial charge in [-0.25, -0.2) is 0 Å². The average Bonchev–Trinajstić information content (AvgIpc) is 2.28. The Kier molecular flexibility index (Phi) is 4.70. The number of carbonyl (C=O) groups is 1. The van der Waals surface area contributed by atoms with Gasteiger partial charge in [0.1, 0.15) is 0 Å². The zero-order valence-electron chi connectivity index (χ0n) is 10.9. The molecule has 0 aliphatic carbocycles. The van der Waals surface area contributed by atoms with E-state index < -0.39 is 5.97 Å². The lowest BCUT2D eigenvalue weighted by Crippen LogP contribution is -2.37. The van der Waals surface area contributed by atoms with Crippen molar-refractivity contribution in [1.29, 1.82) is 0 Å². The number of nitrogens with one attached hydrogen (secondary N) is 1. The lowest BCUT2D eigenvalue weighted by atomic mass is 10.0. The molecule has 3 heteroatoms. The fourth-order valence-corrected chi connectivity index (χ4v) is 1.70. The third kappa shape index (κ3) is 3.86. The molecule has 0 radical (unpaired) electrons. The molecule has 17 heavy (non-hydrogen) atoms. The van der Waals surface area contributed by atoms with E-state index in [0.717, 1.165) is 0 Å². The van der Waals surface area contributed by atoms with Gasteiger partial charge in [0.05, 0.1) is 5.92 Å². The molecule has 94 valence electrons. The van der Waals surface area contributed by atoms with Crippen LogP contribution in [0, 0.1) is 12.8 Å². The summed E-state index contributed by atoms with van der Waals surface area (Å²) in [6, 6.07) is 8.39. The van der Waals surface area contributed by atoms with E-state index in [4.69, 9.17) is 5.11 Å². The predicted octanol–water partition coefficient (Wildman–Crippen LogP) is 2.75. The summed E-state index contributed by atoms with van der Waals surface area (Å²) in [4.78, 5) is 10.9. The number of hydrogen-bond acceptors (Lipinski definition) is 2. The predicted molar refractivity (Wildman–Crippen MR) is 69.0 cm³/mol. The number of benzene rings is 1. The number of rotatable bonds is 5. The number of carboxylic acids is 1. The fraction of sp³-hybridized carbons (Fsp3) is 0.500. The van der Waals surface area contributed by atoms with Crippen LogP contribution in [0.15, 0.2) is 24.3 Å². The van der Waals surface area contributed by atoms with Gasteiger partial charge in [-0.2, -0.15) is 0 Å². The Balaban J connectivity index is 2.63. The van der Waals surface area contributed by atoms with E-state index in [1.165, 1.54) is 11.1 Å². The third-order valence-corrected chi connectivity index (χ3v) is 3.23. The number of hydrogen-bond donors (Lipinski definition) is 2. The quantitative estimate of drug-likeness (QED) is 0.825. The first-order valence-corrected chi connectivity index (χ1v) is 5.97. The summed E-state index contributed by atoms with van der Waals surface area (Å²) in [6.45, 7) is 7.73. The number of aryl methyl sites for hydroxylation is 1. The molecule has 3 nitrogen and oxygen atoms in total. The highest BCUT2D eigenvalue weighted by Gasteiger charge is 2.20. The van der Waals surface area contributed by atoms with Gasteiger partial charge >= 0.3 is 5.97 Å². The molecule has 0 amide bonds. The summed E-state index contributed by atoms with van der Waals surface area (Å²) < 4.78 is 0. The minimum Gasteiger partial charge on any atom is -0.481 e. The SMILES string of the molecule is Cc1ccc([C@@H](C)NC(C)C(C)C(=O)O)cc1. The number of aliphatic carboxylic acids is 1. The summed E-state index contributed by atoms with van der Waals surface area (Å²) in [6.07, 6.45) is 0. The second kappa shape index (κ2) is 5.82. The molecule has 0 aliphatic rings. The Morgan fingerprint density at radius 2 is 1.71 bits per heavy atom. The largest absolute Gasteiger partial charge is 0.481 e. The summed E-state index contributed by atoms with van der Waals surface area (Å²) in [5.41, 5.74) is 2.41. The van der Waals surface area contributed by atoms with Crippen molar-refractivity contribution in [3.8, 4) is 0 Å². The maximum Gasteiger partial charge on any atom is 0.307 e. The van der Waals surface area contributed by atoms with Gasteiger partial charge in [-0.05, 0) is 26.3 Å². The molecular formula is C14H21NO2. The molecule has 0 fully saturated rings. The summed E-state index contributed by atoms with van der Waals surface area (Å²) in [7, 11) is 0. The van der Waals surface area contributed by atoms with E-state index in [1.54, 1.807) is 6.92 Å². The van der Waals surface area contributed by atoms with Gasteiger partial charge in [-0.15, -0.1) is 0 Å². The zero-order chi connectivity index (χ0) is 13.0. The van der Waals surface area contributed by atoms with E-state index in [-0.39, 0.29) is 18.0 Å². The molecule has 0 aromatic heterocycles. The van der Waals surface area contributed by atoms with Gasteiger partial charge in [0.15, 0.2) is 0 Å². The summed E-state index contributed by atoms with van der Waals surface area (Å²) in [5, 5.41) is 12.2. The topological polar surface area (TPSA) is 49.3 Å². The minimum atomic E-state index is -0.763. The lowest BCUT2D eigenvalue weighted by molar-refractivity contribution is -0.142. The standard InChI is InChI=1S/C14H21NO2/c1-9-5-7-13(8-6-9)12(4)15-11(3)10(2)14(16)17/h5-8,10-12,15H,1-4H3,(H,16,17)/t10?,11?,12-/m1/s1. The molecule has 2 N–H and O–H groups in total. The van der Waals surface area contributed by atoms with Crippen LogP contribution in [0.4, 0.5) is 0 Å². The maximum absolute atomic E-state index is 10.9. The minimum absolute atomic E-state index is 0.0520. The molecule has 1 aromatic carbocycles. The Morgan fingerprint density at radius 3 is 2.18 bits per heavy atom. The molecular weight excluding hydrogens is 214 g/mol. The van der Waals surface area contributed by atoms with Gasteiger partial charge in [0, 0.05) is 12.1 Å². The van der Waals surface area contributed by atoms with Crippen molar-refractivity contribution < 1.29 is 9.90 Å². The Labute approximate surface area is 103 Å². The van der Waals surface area contributed by atoms with Crippen LogP contribution in [0.25, 0.3) is 0 Å². The van der Waals surface area contributed by atoms with Crippen LogP contribution in [-0.2, 0) is 4.79 Å². The molecule has 2 unspecified atom stereocenters. The highest BCUT2D eigenvalue weighted by atomic mass is 16.4. The van der Waals surface area contributed by atoms with E-state index in [9.17, 15) is 4.79 Å². The highest BCUT2D eigenvalue weighted by Crippen LogP contribution is 2.15. The second-order valence-corrected chi connectivity index (χ2v) is 4.71. The van der Waals surface area contributed by atoms with Gasteiger partial charge in [0.2, 0.25) is 0 Å². The lowest BCUT2D eigenvalue weighted by Gasteiger charge is -2.23. The van der Waals surface area contributed by atoms with Crippen molar-refractivity contribution in [3.63, 3.8) is 0 Å². The van der Waals surface area contributed by atoms with Crippen LogP contribution in [0.2, 0.25) is 0 Å². The van der Waals surface area contributed by atoms with E-state index in [2.05, 4.69) is 43.4 Å². The van der Waals surface area contributed by atoms with Crippen LogP contribution in [0.5, 0.6) is 0 Å². The van der Waals surface area contributed by atoms with Crippen LogP contribution in [-0.4, -0.2) is 17.1 Å². The van der Waals surface area contributed by atoms with E-state index in [0.29, 0.717) is 0 Å². The van der Waals surface area contributed by atoms with E-state index in [1.807, 2.05) is 6.92 Å². The van der Waals surface area contributed by atoms with Crippen molar-refractivity contribution in [1.82, 2.24) is 5.32 Å². The van der Waals surface area contributed by atoms with Gasteiger partial charge in [0.25, 0.3) is 0 Å². The highest BCUT2D eigenvalue weighted by molar-refractivity contribution is 5.70. The maximum atomic E-state index is 10.9. The molecule has 0 bridgehead atoms. The smallest absolute Gasteiger partial charge is 0.307 e. The van der Waals surface area contributed by atoms with Crippen LogP contribution in [0.3, 0.4) is 0 Å². The molecule has 0 spiro atoms. The summed E-state index contributed by atoms with van der Waals surface area (Å²) in [5.74, 6) is -1.15. The zero-order valence-corrected chi connectivity index (χ0v) is 10.9. The molecule has 1 rings (SSSR count). The molecule has 1 aromatic rings. The average molecular weight is 235 g/mol. The van der Waals surface area contributed by atoms with Crippen molar-refractivity contribution in [3.05, 3.63) is 35.4 Å². The third-order valence-electron chi connectivity index (χ3n) is 3.23. The second-order valence-electron chi connectivity index (χ2n) is 4.71. The van der Waals surface area contributed by atoms with Gasteiger partial charge in [-0.3, -0.25) is 4.79 Å². The first-order valence-electron chi connectivity index (χ1n) is 5.97. The monoisotopic (exact) mass is 235 g/mol.